The highest BCUT2D eigenvalue weighted by atomic mass is 16.3. The number of aliphatic hydroxyl groups excluding tert-OH is 1. The molecule has 5 N–H and O–H groups in total. The zero-order chi connectivity index (χ0) is 65.1. The Kier molecular flexibility index (Phi) is 31.7. The molecule has 23 heteroatoms. The van der Waals surface area contributed by atoms with Crippen molar-refractivity contribution in [3.05, 3.63) is 0 Å². The van der Waals surface area contributed by atoms with Gasteiger partial charge in [0.1, 0.15) is 60.4 Å². The fraction of sp³-hybridized carbons (Fsp3) is 0.820. The molecule has 0 aliphatic carbocycles. The second-order valence-corrected chi connectivity index (χ2v) is 25.6. The molecule has 1 aliphatic heterocycles. The van der Waals surface area contributed by atoms with Gasteiger partial charge in [-0.3, -0.25) is 52.7 Å². The van der Waals surface area contributed by atoms with E-state index in [4.69, 9.17) is 0 Å². The molecule has 11 amide bonds. The molecule has 0 saturated carbocycles. The number of unbranched alkanes of at least 4 members (excludes halogenated alkanes) is 1. The number of nitrogens with zero attached hydrogens (tertiary/aromatic N) is 7. The highest BCUT2D eigenvalue weighted by molar-refractivity contribution is 5.99. The summed E-state index contributed by atoms with van der Waals surface area (Å²) < 4.78 is 0. The first-order chi connectivity index (χ1) is 38.9. The number of amides is 11. The van der Waals surface area contributed by atoms with Crippen LogP contribution in [0.3, 0.4) is 0 Å². The van der Waals surface area contributed by atoms with Crippen molar-refractivity contribution in [3.8, 4) is 0 Å². The Morgan fingerprint density at radius 3 is 1.37 bits per heavy atom. The van der Waals surface area contributed by atoms with Crippen LogP contribution in [0.25, 0.3) is 0 Å². The average Bonchev–Trinajstić information content (AvgIpc) is 3.46. The topological polar surface area (TPSA) is 279 Å². The molecule has 84 heavy (non-hydrogen) atoms. The number of nitrogens with one attached hydrogen (secondary N) is 4. The van der Waals surface area contributed by atoms with E-state index in [9.17, 15) is 48.3 Å². The number of hydrogen-bond donors (Lipinski definition) is 5. The number of carbonyl (C=O) groups excluding carboxylic acids is 11. The fourth-order valence-corrected chi connectivity index (χ4v) is 10.8. The number of hydrogen-bond acceptors (Lipinski definition) is 12. The van der Waals surface area contributed by atoms with Crippen molar-refractivity contribution in [2.45, 2.75) is 235 Å². The summed E-state index contributed by atoms with van der Waals surface area (Å²) in [6, 6.07) is -12.2. The third-order valence-electron chi connectivity index (χ3n) is 16.2. The summed E-state index contributed by atoms with van der Waals surface area (Å²) >= 11 is 0. The van der Waals surface area contributed by atoms with Crippen molar-refractivity contribution in [1.82, 2.24) is 55.6 Å². The van der Waals surface area contributed by atoms with E-state index in [1.54, 1.807) is 41.5 Å². The molecule has 12 atom stereocenters. The number of aliphatic hydroxyl groups is 1. The van der Waals surface area contributed by atoms with E-state index >= 15 is 9.59 Å². The Morgan fingerprint density at radius 1 is 0.452 bits per heavy atom. The molecule has 0 unspecified atom stereocenters. The van der Waals surface area contributed by atoms with Gasteiger partial charge in [-0.1, -0.05) is 116 Å². The summed E-state index contributed by atoms with van der Waals surface area (Å²) in [6.07, 6.45) is 1.67. The smallest absolute Gasteiger partial charge is 0.246 e. The Hall–Kier alpha value is -5.87. The Morgan fingerprint density at radius 2 is 0.905 bits per heavy atom. The molecule has 1 aliphatic rings. The first-order valence-electron chi connectivity index (χ1n) is 30.6. The minimum Gasteiger partial charge on any atom is -0.390 e. The maximum atomic E-state index is 15.1. The summed E-state index contributed by atoms with van der Waals surface area (Å²) in [7, 11) is 9.95. The fourth-order valence-electron chi connectivity index (χ4n) is 10.8. The quantitative estimate of drug-likeness (QED) is 0.149. The van der Waals surface area contributed by atoms with E-state index < -0.39 is 156 Å². The summed E-state index contributed by atoms with van der Waals surface area (Å²) in [4.78, 5) is 168. The number of likely N-dealkylation sites (N-methyl/N-ethyl adjacent to an activating group) is 7. The van der Waals surface area contributed by atoms with E-state index in [-0.39, 0.29) is 49.9 Å². The van der Waals surface area contributed by atoms with E-state index in [1.165, 1.54) is 87.7 Å². The first kappa shape index (κ1) is 76.1. The monoisotopic (exact) mass is 1190 g/mol. The highest BCUT2D eigenvalue weighted by Crippen LogP contribution is 2.26. The van der Waals surface area contributed by atoms with Gasteiger partial charge in [0.2, 0.25) is 65.0 Å². The maximum Gasteiger partial charge on any atom is 0.246 e. The number of rotatable bonds is 16. The van der Waals surface area contributed by atoms with E-state index in [2.05, 4.69) is 21.3 Å². The van der Waals surface area contributed by atoms with Crippen LogP contribution in [0.1, 0.15) is 169 Å². The lowest BCUT2D eigenvalue weighted by Crippen LogP contribution is -2.63. The van der Waals surface area contributed by atoms with Gasteiger partial charge in [-0.2, -0.15) is 0 Å². The highest BCUT2D eigenvalue weighted by Gasteiger charge is 2.45. The molecule has 0 aromatic carbocycles. The predicted octanol–water partition coefficient (Wildman–Crippen LogP) is 3.25. The van der Waals surface area contributed by atoms with Crippen LogP contribution in [0.15, 0.2) is 0 Å². The Labute approximate surface area is 503 Å². The van der Waals surface area contributed by atoms with Gasteiger partial charge in [-0.05, 0) is 87.9 Å². The summed E-state index contributed by atoms with van der Waals surface area (Å²) in [6.45, 7) is 27.7. The van der Waals surface area contributed by atoms with Gasteiger partial charge < -0.3 is 60.7 Å². The normalized spacial score (nSPS) is 26.9. The summed E-state index contributed by atoms with van der Waals surface area (Å²) in [5.41, 5.74) is 0. The largest absolute Gasteiger partial charge is 0.390 e. The average molecular weight is 1190 g/mol. The van der Waals surface area contributed by atoms with Crippen molar-refractivity contribution < 1.29 is 57.8 Å². The standard InChI is InChI=1S/C61H111N11O12/c1-24-27-29-39(14)51(74)50-55(78)64-42(26-3)57(80)66(17)33-47(73)67(18)43(28-25-2)53(76)65-48(37(10)11)60(83)68(19)44(30-34(4)5)54(77)62-40(15)52(75)63-41(16)56(79)69(20)45(31-35(6)7)58(81)70(21)46(32-36(8)9)59(82)71(22)49(38(12)13)61(84)72(50)23/h34-46,48-51,74H,24-33H2,1-23H3,(H,62,77)(H,63,75)(H,64,78)(H,65,76)/t39-,40+,41-,42+,43+,44+,45+,46+,48+,49+,50+,51-/m1/s1. The summed E-state index contributed by atoms with van der Waals surface area (Å²) in [5, 5.41) is 23.1. The maximum absolute atomic E-state index is 15.1. The van der Waals surface area contributed by atoms with Gasteiger partial charge in [0.15, 0.2) is 0 Å². The number of carbonyl (C=O) groups is 11. The third-order valence-corrected chi connectivity index (χ3v) is 16.2. The van der Waals surface area contributed by atoms with Gasteiger partial charge in [0.25, 0.3) is 0 Å². The van der Waals surface area contributed by atoms with Gasteiger partial charge in [-0.15, -0.1) is 0 Å². The van der Waals surface area contributed by atoms with Crippen LogP contribution in [0.5, 0.6) is 0 Å². The molecule has 1 rings (SSSR count). The molecule has 0 aromatic rings. The van der Waals surface area contributed by atoms with Crippen LogP contribution >= 0.6 is 0 Å². The van der Waals surface area contributed by atoms with Crippen LogP contribution < -0.4 is 21.3 Å². The molecular formula is C61H111N11O12. The van der Waals surface area contributed by atoms with Gasteiger partial charge in [0.05, 0.1) is 12.6 Å². The molecule has 0 spiro atoms. The third kappa shape index (κ3) is 21.0. The van der Waals surface area contributed by atoms with Crippen molar-refractivity contribution >= 4 is 65.0 Å². The van der Waals surface area contributed by atoms with Gasteiger partial charge >= 0.3 is 0 Å². The van der Waals surface area contributed by atoms with Crippen LogP contribution in [-0.2, 0) is 52.7 Å². The molecule has 0 radical (unpaired) electrons. The molecule has 0 aromatic heterocycles. The van der Waals surface area contributed by atoms with Crippen molar-refractivity contribution in [2.75, 3.05) is 55.9 Å². The predicted molar refractivity (Wildman–Crippen MR) is 324 cm³/mol. The molecule has 0 bridgehead atoms. The lowest BCUT2D eigenvalue weighted by molar-refractivity contribution is -0.157. The lowest BCUT2D eigenvalue weighted by atomic mass is 9.90. The van der Waals surface area contributed by atoms with Crippen LogP contribution in [0, 0.1) is 35.5 Å². The zero-order valence-corrected chi connectivity index (χ0v) is 55.5. The van der Waals surface area contributed by atoms with E-state index in [0.29, 0.717) is 19.3 Å². The molecule has 1 saturated heterocycles. The van der Waals surface area contributed by atoms with E-state index in [1.807, 2.05) is 55.4 Å². The molecule has 1 fully saturated rings. The Bertz CT molecular complexity index is 2240. The second kappa shape index (κ2) is 34.9. The second-order valence-electron chi connectivity index (χ2n) is 25.6. The van der Waals surface area contributed by atoms with Crippen LogP contribution in [-0.4, -0.2) is 227 Å². The lowest BCUT2D eigenvalue weighted by Gasteiger charge is -2.41. The van der Waals surface area contributed by atoms with Gasteiger partial charge in [0, 0.05) is 49.3 Å². The molecule has 1 heterocycles. The molecule has 482 valence electrons. The Balaban J connectivity index is 4.28. The van der Waals surface area contributed by atoms with Crippen molar-refractivity contribution in [1.29, 1.82) is 0 Å². The molecular weight excluding hydrogens is 1080 g/mol. The van der Waals surface area contributed by atoms with Crippen molar-refractivity contribution in [3.63, 3.8) is 0 Å². The van der Waals surface area contributed by atoms with Crippen LogP contribution in [0.2, 0.25) is 0 Å². The zero-order valence-electron chi connectivity index (χ0n) is 55.5. The van der Waals surface area contributed by atoms with Crippen LogP contribution in [0.4, 0.5) is 0 Å². The molecule has 23 nitrogen and oxygen atoms in total. The van der Waals surface area contributed by atoms with Gasteiger partial charge in [-0.25, -0.2) is 0 Å². The van der Waals surface area contributed by atoms with E-state index in [0.717, 1.165) is 16.2 Å². The first-order valence-corrected chi connectivity index (χ1v) is 30.6. The minimum atomic E-state index is -1.57. The minimum absolute atomic E-state index is 0.0365. The summed E-state index contributed by atoms with van der Waals surface area (Å²) in [5.74, 6) is -9.34. The SMILES string of the molecule is CCCC[C@@H](C)[C@@H](O)[C@H]1C(=O)N[C@@H](CC)C(=O)N(C)CC(=O)N(C)[C@@H](CCC)C(=O)N[C@@H](C(C)C)C(=O)N(C)[C@@H](CC(C)C)C(=O)N[C@@H](C)C(=O)N[C@H](C)C(=O)N(C)[C@@H](CC(C)C)C(=O)N(C)[C@@H](CC(C)C)C(=O)N(C)[C@@H](C(C)C)C(=O)N1C. The van der Waals surface area contributed by atoms with Crippen molar-refractivity contribution in [2.24, 2.45) is 35.5 Å².